The number of para-hydroxylation sites is 1. The lowest BCUT2D eigenvalue weighted by molar-refractivity contribution is 0.0696. The molecule has 4 aromatic carbocycles. The third kappa shape index (κ3) is 4.58. The number of carbonyl (C=O) groups is 1. The predicted molar refractivity (Wildman–Crippen MR) is 119 cm³/mol. The number of rotatable bonds is 7. The van der Waals surface area contributed by atoms with Crippen LogP contribution in [0.4, 0.5) is 0 Å². The Bertz CT molecular complexity index is 1140. The molecule has 0 aliphatic rings. The van der Waals surface area contributed by atoms with E-state index in [2.05, 4.69) is 0 Å². The van der Waals surface area contributed by atoms with Gasteiger partial charge in [0.25, 0.3) is 0 Å². The molecule has 0 spiro atoms. The molecule has 3 heteroatoms. The van der Waals surface area contributed by atoms with Crippen LogP contribution >= 0.6 is 0 Å². The van der Waals surface area contributed by atoms with Gasteiger partial charge in [-0.3, -0.25) is 0 Å². The lowest BCUT2D eigenvalue weighted by Gasteiger charge is -2.14. The summed E-state index contributed by atoms with van der Waals surface area (Å²) in [7, 11) is 0. The van der Waals surface area contributed by atoms with Crippen LogP contribution in [0.5, 0.6) is 5.75 Å². The van der Waals surface area contributed by atoms with E-state index in [-0.39, 0.29) is 0 Å². The number of carboxylic acid groups (broad SMARTS) is 1. The first-order valence-electron chi connectivity index (χ1n) is 9.87. The fraction of sp³-hybridized carbons (Fsp3) is 0.0741. The molecule has 0 bridgehead atoms. The standard InChI is InChI=1S/C27H22O3/c28-27(29)25-16-15-22(18-23(25)17-20-9-3-1-4-10-20)24-13-7-8-14-26(24)30-19-21-11-5-2-6-12-21/h1-16,18H,17,19H2,(H,28,29). The predicted octanol–water partition coefficient (Wildman–Crippen LogP) is 6.22. The first kappa shape index (κ1) is 19.5. The number of ether oxygens (including phenoxy) is 1. The van der Waals surface area contributed by atoms with Gasteiger partial charge >= 0.3 is 5.97 Å². The van der Waals surface area contributed by atoms with E-state index in [0.717, 1.165) is 33.6 Å². The Labute approximate surface area is 176 Å². The van der Waals surface area contributed by atoms with E-state index < -0.39 is 5.97 Å². The van der Waals surface area contributed by atoms with Crippen molar-refractivity contribution in [3.8, 4) is 16.9 Å². The molecule has 0 radical (unpaired) electrons. The number of hydrogen-bond donors (Lipinski definition) is 1. The van der Waals surface area contributed by atoms with E-state index in [1.807, 2.05) is 97.1 Å². The van der Waals surface area contributed by atoms with Gasteiger partial charge in [-0.2, -0.15) is 0 Å². The van der Waals surface area contributed by atoms with Gasteiger partial charge in [0.1, 0.15) is 12.4 Å². The fourth-order valence-electron chi connectivity index (χ4n) is 3.50. The largest absolute Gasteiger partial charge is 0.488 e. The van der Waals surface area contributed by atoms with Crippen LogP contribution in [0.1, 0.15) is 27.0 Å². The molecule has 0 aliphatic heterocycles. The van der Waals surface area contributed by atoms with Crippen LogP contribution in [0.2, 0.25) is 0 Å². The van der Waals surface area contributed by atoms with Crippen molar-refractivity contribution in [2.45, 2.75) is 13.0 Å². The van der Waals surface area contributed by atoms with E-state index in [1.165, 1.54) is 0 Å². The number of aromatic carboxylic acids is 1. The van der Waals surface area contributed by atoms with Crippen LogP contribution in [0.15, 0.2) is 103 Å². The summed E-state index contributed by atoms with van der Waals surface area (Å²) in [5.41, 5.74) is 5.16. The van der Waals surface area contributed by atoms with Crippen LogP contribution in [0.25, 0.3) is 11.1 Å². The highest BCUT2D eigenvalue weighted by Crippen LogP contribution is 2.32. The maximum Gasteiger partial charge on any atom is 0.335 e. The minimum atomic E-state index is -0.916. The molecule has 0 amide bonds. The molecule has 1 N–H and O–H groups in total. The molecule has 4 aromatic rings. The van der Waals surface area contributed by atoms with Gasteiger partial charge < -0.3 is 9.84 Å². The molecule has 3 nitrogen and oxygen atoms in total. The molecule has 0 fully saturated rings. The molecule has 0 unspecified atom stereocenters. The highest BCUT2D eigenvalue weighted by Gasteiger charge is 2.14. The second kappa shape index (κ2) is 9.10. The van der Waals surface area contributed by atoms with E-state index in [9.17, 15) is 9.90 Å². The molecule has 0 heterocycles. The smallest absolute Gasteiger partial charge is 0.335 e. The molecule has 30 heavy (non-hydrogen) atoms. The molecular weight excluding hydrogens is 372 g/mol. The van der Waals surface area contributed by atoms with E-state index in [1.54, 1.807) is 6.07 Å². The highest BCUT2D eigenvalue weighted by atomic mass is 16.5. The minimum Gasteiger partial charge on any atom is -0.488 e. The number of hydrogen-bond acceptors (Lipinski definition) is 2. The monoisotopic (exact) mass is 394 g/mol. The van der Waals surface area contributed by atoms with E-state index in [0.29, 0.717) is 18.6 Å². The van der Waals surface area contributed by atoms with Crippen LogP contribution in [-0.2, 0) is 13.0 Å². The number of carboxylic acids is 1. The van der Waals surface area contributed by atoms with Crippen LogP contribution in [0, 0.1) is 0 Å². The first-order chi connectivity index (χ1) is 14.7. The molecule has 0 atom stereocenters. The van der Waals surface area contributed by atoms with Gasteiger partial charge in [-0.25, -0.2) is 4.79 Å². The van der Waals surface area contributed by atoms with E-state index >= 15 is 0 Å². The lowest BCUT2D eigenvalue weighted by atomic mass is 9.94. The van der Waals surface area contributed by atoms with Crippen molar-refractivity contribution in [3.05, 3.63) is 125 Å². The normalized spacial score (nSPS) is 10.5. The average molecular weight is 394 g/mol. The van der Waals surface area contributed by atoms with Crippen molar-refractivity contribution in [3.63, 3.8) is 0 Å². The Morgan fingerprint density at radius 2 is 1.37 bits per heavy atom. The quantitative estimate of drug-likeness (QED) is 0.405. The van der Waals surface area contributed by atoms with Gasteiger partial charge in [0.15, 0.2) is 0 Å². The second-order valence-corrected chi connectivity index (χ2v) is 7.11. The Kier molecular flexibility index (Phi) is 5.90. The highest BCUT2D eigenvalue weighted by molar-refractivity contribution is 5.90. The number of benzene rings is 4. The van der Waals surface area contributed by atoms with Gasteiger partial charge in [0, 0.05) is 5.56 Å². The zero-order valence-electron chi connectivity index (χ0n) is 16.5. The molecule has 148 valence electrons. The van der Waals surface area contributed by atoms with Crippen molar-refractivity contribution in [2.75, 3.05) is 0 Å². The third-order valence-corrected chi connectivity index (χ3v) is 5.01. The molecule has 0 saturated heterocycles. The van der Waals surface area contributed by atoms with Crippen LogP contribution in [-0.4, -0.2) is 11.1 Å². The summed E-state index contributed by atoms with van der Waals surface area (Å²) in [5.74, 6) is -0.142. The first-order valence-corrected chi connectivity index (χ1v) is 9.87. The molecule has 0 saturated carbocycles. The van der Waals surface area contributed by atoms with Gasteiger partial charge in [-0.15, -0.1) is 0 Å². The fourth-order valence-corrected chi connectivity index (χ4v) is 3.50. The average Bonchev–Trinajstić information content (AvgIpc) is 2.79. The maximum absolute atomic E-state index is 11.8. The Balaban J connectivity index is 1.67. The summed E-state index contributed by atoms with van der Waals surface area (Å²) in [6.07, 6.45) is 0.559. The minimum absolute atomic E-state index is 0.324. The summed E-state index contributed by atoms with van der Waals surface area (Å²) in [5, 5.41) is 9.65. The van der Waals surface area contributed by atoms with Crippen molar-refractivity contribution in [1.29, 1.82) is 0 Å². The van der Waals surface area contributed by atoms with Crippen LogP contribution < -0.4 is 4.74 Å². The van der Waals surface area contributed by atoms with Crippen molar-refractivity contribution < 1.29 is 14.6 Å². The molecule has 0 aromatic heterocycles. The van der Waals surface area contributed by atoms with Gasteiger partial charge in [-0.05, 0) is 46.9 Å². The Morgan fingerprint density at radius 3 is 2.07 bits per heavy atom. The van der Waals surface area contributed by atoms with Crippen LogP contribution in [0.3, 0.4) is 0 Å². The SMILES string of the molecule is O=C(O)c1ccc(-c2ccccc2OCc2ccccc2)cc1Cc1ccccc1. The summed E-state index contributed by atoms with van der Waals surface area (Å²) in [6, 6.07) is 33.3. The van der Waals surface area contributed by atoms with Crippen molar-refractivity contribution in [2.24, 2.45) is 0 Å². The summed E-state index contributed by atoms with van der Waals surface area (Å²) in [4.78, 5) is 11.8. The molecule has 0 aliphatic carbocycles. The lowest BCUT2D eigenvalue weighted by Crippen LogP contribution is -2.04. The van der Waals surface area contributed by atoms with Crippen molar-refractivity contribution >= 4 is 5.97 Å². The topological polar surface area (TPSA) is 46.5 Å². The molecular formula is C27H22O3. The zero-order chi connectivity index (χ0) is 20.8. The summed E-state index contributed by atoms with van der Waals surface area (Å²) in [6.45, 7) is 0.474. The van der Waals surface area contributed by atoms with Gasteiger partial charge in [-0.1, -0.05) is 84.9 Å². The second-order valence-electron chi connectivity index (χ2n) is 7.11. The van der Waals surface area contributed by atoms with Gasteiger partial charge in [0.2, 0.25) is 0 Å². The third-order valence-electron chi connectivity index (χ3n) is 5.01. The summed E-state index contributed by atoms with van der Waals surface area (Å²) < 4.78 is 6.10. The maximum atomic E-state index is 11.8. The van der Waals surface area contributed by atoms with E-state index in [4.69, 9.17) is 4.74 Å². The Hall–Kier alpha value is -3.85. The summed E-state index contributed by atoms with van der Waals surface area (Å²) >= 11 is 0. The zero-order valence-corrected chi connectivity index (χ0v) is 16.5. The van der Waals surface area contributed by atoms with Crippen molar-refractivity contribution in [1.82, 2.24) is 0 Å². The molecule has 4 rings (SSSR count). The van der Waals surface area contributed by atoms with Gasteiger partial charge in [0.05, 0.1) is 5.56 Å². The Morgan fingerprint density at radius 1 is 0.733 bits per heavy atom.